The van der Waals surface area contributed by atoms with Crippen molar-refractivity contribution in [2.45, 2.75) is 38.5 Å². The molecule has 0 atom stereocenters. The monoisotopic (exact) mass is 170 g/mol. The summed E-state index contributed by atoms with van der Waals surface area (Å²) in [6, 6.07) is 0. The van der Waals surface area contributed by atoms with Gasteiger partial charge < -0.3 is 0 Å². The average molecular weight is 170 g/mol. The SMILES string of the molecule is [N-]=[N+]=NCCCCCCCC[O]. The number of rotatable bonds is 8. The second kappa shape index (κ2) is 10.3. The minimum atomic E-state index is 0.0543. The minimum absolute atomic E-state index is 0.0543. The lowest BCUT2D eigenvalue weighted by Gasteiger charge is -1.97. The highest BCUT2D eigenvalue weighted by molar-refractivity contribution is 4.49. The number of nitrogens with zero attached hydrogens (tertiary/aromatic N) is 3. The Morgan fingerprint density at radius 2 is 1.58 bits per heavy atom. The number of unbranched alkanes of at least 4 members (excludes halogenated alkanes) is 5. The zero-order valence-electron chi connectivity index (χ0n) is 7.41. The fraction of sp³-hybridized carbons (Fsp3) is 1.00. The lowest BCUT2D eigenvalue weighted by Crippen LogP contribution is -1.84. The molecule has 0 amide bonds. The number of hydrogen-bond acceptors (Lipinski definition) is 1. The van der Waals surface area contributed by atoms with Gasteiger partial charge in [-0.1, -0.05) is 30.8 Å². The Labute approximate surface area is 73.2 Å². The summed E-state index contributed by atoms with van der Waals surface area (Å²) in [7, 11) is 0. The third kappa shape index (κ3) is 9.27. The van der Waals surface area contributed by atoms with E-state index >= 15 is 0 Å². The Hall–Kier alpha value is -0.730. The van der Waals surface area contributed by atoms with Gasteiger partial charge >= 0.3 is 0 Å². The zero-order valence-corrected chi connectivity index (χ0v) is 7.41. The molecule has 4 heteroatoms. The van der Waals surface area contributed by atoms with E-state index in [0.29, 0.717) is 6.54 Å². The molecule has 0 fully saturated rings. The van der Waals surface area contributed by atoms with Gasteiger partial charge in [0, 0.05) is 11.5 Å². The third-order valence-corrected chi connectivity index (χ3v) is 1.72. The van der Waals surface area contributed by atoms with E-state index in [1.807, 2.05) is 0 Å². The molecule has 0 N–H and O–H groups in total. The summed E-state index contributed by atoms with van der Waals surface area (Å²) in [6.45, 7) is 0.663. The van der Waals surface area contributed by atoms with Crippen LogP contribution in [0.4, 0.5) is 0 Å². The highest BCUT2D eigenvalue weighted by atomic mass is 16.2. The van der Waals surface area contributed by atoms with Crippen molar-refractivity contribution in [3.05, 3.63) is 10.4 Å². The van der Waals surface area contributed by atoms with Crippen LogP contribution in [0.3, 0.4) is 0 Å². The molecule has 4 nitrogen and oxygen atoms in total. The summed E-state index contributed by atoms with van der Waals surface area (Å²) in [5.41, 5.74) is 7.96. The van der Waals surface area contributed by atoms with Gasteiger partial charge in [-0.15, -0.1) is 0 Å². The van der Waals surface area contributed by atoms with Crippen LogP contribution in [0.5, 0.6) is 0 Å². The molecule has 0 aliphatic rings. The molecular formula is C8H16N3O. The van der Waals surface area contributed by atoms with Crippen molar-refractivity contribution >= 4 is 0 Å². The molecule has 1 radical (unpaired) electrons. The van der Waals surface area contributed by atoms with E-state index in [4.69, 9.17) is 5.53 Å². The van der Waals surface area contributed by atoms with Crippen molar-refractivity contribution in [2.75, 3.05) is 13.2 Å². The van der Waals surface area contributed by atoms with Gasteiger partial charge in [-0.05, 0) is 18.4 Å². The Balaban J connectivity index is 2.86. The maximum Gasteiger partial charge on any atom is 0.0822 e. The summed E-state index contributed by atoms with van der Waals surface area (Å²) >= 11 is 0. The lowest BCUT2D eigenvalue weighted by atomic mass is 10.1. The van der Waals surface area contributed by atoms with Crippen molar-refractivity contribution in [3.63, 3.8) is 0 Å². The molecule has 12 heavy (non-hydrogen) atoms. The van der Waals surface area contributed by atoms with Gasteiger partial charge in [0.05, 0.1) is 6.61 Å². The molecule has 0 unspecified atom stereocenters. The van der Waals surface area contributed by atoms with E-state index in [0.717, 1.165) is 38.5 Å². The summed E-state index contributed by atoms with van der Waals surface area (Å²) in [5.74, 6) is 0. The van der Waals surface area contributed by atoms with E-state index in [1.165, 1.54) is 0 Å². The molecule has 0 aromatic heterocycles. The van der Waals surface area contributed by atoms with Crippen molar-refractivity contribution in [1.29, 1.82) is 0 Å². The maximum atomic E-state index is 10.0. The fourth-order valence-electron chi connectivity index (χ4n) is 1.04. The normalized spacial score (nSPS) is 9.42. The molecule has 0 aromatic carbocycles. The van der Waals surface area contributed by atoms with Crippen LogP contribution >= 0.6 is 0 Å². The summed E-state index contributed by atoms with van der Waals surface area (Å²) in [5, 5.41) is 13.5. The van der Waals surface area contributed by atoms with Gasteiger partial charge in [-0.25, -0.2) is 5.11 Å². The second-order valence-corrected chi connectivity index (χ2v) is 2.78. The van der Waals surface area contributed by atoms with Gasteiger partial charge in [-0.2, -0.15) is 0 Å². The third-order valence-electron chi connectivity index (χ3n) is 1.72. The molecule has 0 saturated heterocycles. The highest BCUT2D eigenvalue weighted by Crippen LogP contribution is 2.04. The Bertz CT molecular complexity index is 132. The quantitative estimate of drug-likeness (QED) is 0.232. The predicted octanol–water partition coefficient (Wildman–Crippen LogP) is 3.07. The van der Waals surface area contributed by atoms with Crippen molar-refractivity contribution in [2.24, 2.45) is 5.11 Å². The largest absolute Gasteiger partial charge is 0.237 e. The van der Waals surface area contributed by atoms with E-state index < -0.39 is 0 Å². The number of hydrogen-bond donors (Lipinski definition) is 0. The van der Waals surface area contributed by atoms with Crippen LogP contribution < -0.4 is 0 Å². The van der Waals surface area contributed by atoms with E-state index in [-0.39, 0.29) is 6.61 Å². The first kappa shape index (κ1) is 11.3. The first-order valence-corrected chi connectivity index (χ1v) is 4.50. The first-order valence-electron chi connectivity index (χ1n) is 4.50. The van der Waals surface area contributed by atoms with Crippen LogP contribution in [0.1, 0.15) is 38.5 Å². The van der Waals surface area contributed by atoms with Gasteiger partial charge in [0.15, 0.2) is 0 Å². The van der Waals surface area contributed by atoms with E-state index in [9.17, 15) is 5.11 Å². The summed E-state index contributed by atoms with van der Waals surface area (Å²) in [4.78, 5) is 2.67. The molecule has 0 aliphatic carbocycles. The maximum absolute atomic E-state index is 10.0. The Morgan fingerprint density at radius 1 is 1.00 bits per heavy atom. The summed E-state index contributed by atoms with van der Waals surface area (Å²) in [6.07, 6.45) is 6.22. The van der Waals surface area contributed by atoms with Crippen molar-refractivity contribution < 1.29 is 5.11 Å². The molecule has 69 valence electrons. The number of azide groups is 1. The molecule has 0 saturated carbocycles. The zero-order chi connectivity index (χ0) is 9.07. The fourth-order valence-corrected chi connectivity index (χ4v) is 1.04. The van der Waals surface area contributed by atoms with Gasteiger partial charge in [-0.3, -0.25) is 0 Å². The highest BCUT2D eigenvalue weighted by Gasteiger charge is 1.89. The standard InChI is InChI=1S/C8H16N3O/c9-11-10-7-5-3-1-2-4-6-8-12/h1-8H2. The van der Waals surface area contributed by atoms with Crippen LogP contribution in [-0.2, 0) is 5.11 Å². The molecule has 0 bridgehead atoms. The molecule has 0 aromatic rings. The van der Waals surface area contributed by atoms with Gasteiger partial charge in [0.25, 0.3) is 0 Å². The molecule has 0 spiro atoms. The minimum Gasteiger partial charge on any atom is -0.237 e. The van der Waals surface area contributed by atoms with E-state index in [2.05, 4.69) is 10.0 Å². The second-order valence-electron chi connectivity index (χ2n) is 2.78. The molecular weight excluding hydrogens is 154 g/mol. The lowest BCUT2D eigenvalue weighted by molar-refractivity contribution is 0.186. The smallest absolute Gasteiger partial charge is 0.0822 e. The molecule has 0 heterocycles. The van der Waals surface area contributed by atoms with Gasteiger partial charge in [0.1, 0.15) is 0 Å². The van der Waals surface area contributed by atoms with Gasteiger partial charge in [0.2, 0.25) is 0 Å². The van der Waals surface area contributed by atoms with Crippen molar-refractivity contribution in [3.8, 4) is 0 Å². The topological polar surface area (TPSA) is 68.7 Å². The molecule has 0 aliphatic heterocycles. The molecule has 0 rings (SSSR count). The van der Waals surface area contributed by atoms with Crippen molar-refractivity contribution in [1.82, 2.24) is 0 Å². The van der Waals surface area contributed by atoms with Crippen LogP contribution in [0, 0.1) is 0 Å². The van der Waals surface area contributed by atoms with Crippen LogP contribution in [0.25, 0.3) is 10.4 Å². The Kier molecular flexibility index (Phi) is 9.65. The van der Waals surface area contributed by atoms with Crippen LogP contribution in [0.2, 0.25) is 0 Å². The first-order chi connectivity index (χ1) is 5.91. The Morgan fingerprint density at radius 3 is 2.17 bits per heavy atom. The van der Waals surface area contributed by atoms with Crippen LogP contribution in [-0.4, -0.2) is 13.2 Å². The van der Waals surface area contributed by atoms with Crippen LogP contribution in [0.15, 0.2) is 5.11 Å². The average Bonchev–Trinajstić information content (AvgIpc) is 2.10. The summed E-state index contributed by atoms with van der Waals surface area (Å²) < 4.78 is 0. The predicted molar refractivity (Wildman–Crippen MR) is 47.3 cm³/mol. The van der Waals surface area contributed by atoms with E-state index in [1.54, 1.807) is 0 Å².